The summed E-state index contributed by atoms with van der Waals surface area (Å²) in [4.78, 5) is 26.4. The van der Waals surface area contributed by atoms with E-state index in [9.17, 15) is 18.0 Å². The van der Waals surface area contributed by atoms with Crippen LogP contribution in [-0.4, -0.2) is 59.1 Å². The monoisotopic (exact) mass is 593 g/mol. The number of hydrogen-bond acceptors (Lipinski definition) is 5. The first-order chi connectivity index (χ1) is 20.6. The van der Waals surface area contributed by atoms with E-state index in [4.69, 9.17) is 19.9 Å². The van der Waals surface area contributed by atoms with Gasteiger partial charge in [-0.2, -0.15) is 18.4 Å². The molecule has 0 radical (unpaired) electrons. The Hall–Kier alpha value is -4.36. The molecule has 7 nitrogen and oxygen atoms in total. The van der Waals surface area contributed by atoms with Gasteiger partial charge in [-0.1, -0.05) is 48.5 Å². The molecule has 1 amide bonds. The minimum atomic E-state index is -5.08. The predicted molar refractivity (Wildman–Crippen MR) is 154 cm³/mol. The average molecular weight is 594 g/mol. The van der Waals surface area contributed by atoms with Crippen molar-refractivity contribution in [3.05, 3.63) is 101 Å². The molecule has 43 heavy (non-hydrogen) atoms. The van der Waals surface area contributed by atoms with E-state index in [1.54, 1.807) is 24.3 Å². The minimum Gasteiger partial charge on any atom is -0.489 e. The number of piperidine rings is 2. The molecular formula is C33H34F3N3O4. The number of ether oxygens (including phenoxy) is 1. The molecule has 0 aromatic heterocycles. The Kier molecular flexibility index (Phi) is 10.4. The number of alkyl halides is 3. The average Bonchev–Trinajstić information content (AvgIpc) is 3.02. The molecule has 2 heterocycles. The Labute approximate surface area is 249 Å². The summed E-state index contributed by atoms with van der Waals surface area (Å²) in [6.45, 7) is 5.28. The third-order valence-electron chi connectivity index (χ3n) is 8.14. The molecule has 10 heteroatoms. The number of carbonyl (C=O) groups excluding carboxylic acids is 1. The summed E-state index contributed by atoms with van der Waals surface area (Å²) < 4.78 is 37.9. The molecule has 0 saturated carbocycles. The fourth-order valence-electron chi connectivity index (χ4n) is 5.49. The standard InChI is InChI=1S/C31H33N3O2.C2HF3O2/c32-22-25-10-12-27(13-11-25)30(35)34-20-16-31(17-21-34)14-18-33(19-15-31)23-28-8-4-5-9-29(28)36-24-26-6-2-1-3-7-26;3-2(4,5)1(6)7/h1-13H,14-21,23-24H2;(H,6,7). The number of likely N-dealkylation sites (tertiary alicyclic amines) is 2. The maximum atomic E-state index is 12.9. The van der Waals surface area contributed by atoms with Gasteiger partial charge in [-0.05, 0) is 80.1 Å². The van der Waals surface area contributed by atoms with Gasteiger partial charge in [-0.25, -0.2) is 4.79 Å². The van der Waals surface area contributed by atoms with Crippen molar-refractivity contribution < 1.29 is 32.6 Å². The Morgan fingerprint density at radius 1 is 0.860 bits per heavy atom. The maximum Gasteiger partial charge on any atom is 0.490 e. The van der Waals surface area contributed by atoms with Crippen LogP contribution in [0.25, 0.3) is 0 Å². The van der Waals surface area contributed by atoms with Gasteiger partial charge in [0.15, 0.2) is 0 Å². The van der Waals surface area contributed by atoms with Crippen molar-refractivity contribution in [2.24, 2.45) is 5.41 Å². The van der Waals surface area contributed by atoms with E-state index in [1.807, 2.05) is 29.2 Å². The van der Waals surface area contributed by atoms with Crippen molar-refractivity contribution in [2.45, 2.75) is 45.0 Å². The maximum absolute atomic E-state index is 12.9. The van der Waals surface area contributed by atoms with E-state index in [0.717, 1.165) is 51.3 Å². The summed E-state index contributed by atoms with van der Waals surface area (Å²) in [5, 5.41) is 16.1. The van der Waals surface area contributed by atoms with Gasteiger partial charge in [0.05, 0.1) is 11.6 Å². The Morgan fingerprint density at radius 3 is 2.00 bits per heavy atom. The quantitative estimate of drug-likeness (QED) is 0.361. The van der Waals surface area contributed by atoms with Crippen LogP contribution in [-0.2, 0) is 17.9 Å². The fraction of sp³-hybridized carbons (Fsp3) is 0.364. The lowest BCUT2D eigenvalue weighted by molar-refractivity contribution is -0.192. The van der Waals surface area contributed by atoms with Gasteiger partial charge in [-0.3, -0.25) is 9.69 Å². The molecule has 2 aliphatic heterocycles. The largest absolute Gasteiger partial charge is 0.490 e. The number of para-hydroxylation sites is 1. The van der Waals surface area contributed by atoms with Crippen LogP contribution in [0.15, 0.2) is 78.9 Å². The van der Waals surface area contributed by atoms with E-state index in [2.05, 4.69) is 41.3 Å². The number of nitriles is 1. The van der Waals surface area contributed by atoms with Crippen LogP contribution in [0.1, 0.15) is 52.7 Å². The number of hydrogen-bond donors (Lipinski definition) is 1. The summed E-state index contributed by atoms with van der Waals surface area (Å²) in [7, 11) is 0. The second kappa shape index (κ2) is 14.2. The molecule has 2 saturated heterocycles. The van der Waals surface area contributed by atoms with E-state index in [1.165, 1.54) is 24.0 Å². The molecule has 0 atom stereocenters. The first-order valence-electron chi connectivity index (χ1n) is 14.2. The smallest absolute Gasteiger partial charge is 0.489 e. The highest BCUT2D eigenvalue weighted by Gasteiger charge is 2.39. The van der Waals surface area contributed by atoms with Gasteiger partial charge < -0.3 is 14.7 Å². The van der Waals surface area contributed by atoms with E-state index in [0.29, 0.717) is 23.1 Å². The molecule has 0 aliphatic carbocycles. The molecular weight excluding hydrogens is 559 g/mol. The molecule has 226 valence electrons. The van der Waals surface area contributed by atoms with Crippen molar-refractivity contribution in [3.8, 4) is 11.8 Å². The van der Waals surface area contributed by atoms with Gasteiger partial charge in [0.25, 0.3) is 5.91 Å². The number of benzene rings is 3. The summed E-state index contributed by atoms with van der Waals surface area (Å²) in [5.74, 6) is -1.71. The molecule has 5 rings (SSSR count). The van der Waals surface area contributed by atoms with Crippen molar-refractivity contribution in [3.63, 3.8) is 0 Å². The van der Waals surface area contributed by atoms with Crippen LogP contribution in [0.4, 0.5) is 13.2 Å². The number of halogens is 3. The number of carboxylic acid groups (broad SMARTS) is 1. The lowest BCUT2D eigenvalue weighted by Gasteiger charge is -2.47. The molecule has 1 spiro atoms. The lowest BCUT2D eigenvalue weighted by Crippen LogP contribution is -2.48. The van der Waals surface area contributed by atoms with Crippen LogP contribution >= 0.6 is 0 Å². The topological polar surface area (TPSA) is 93.9 Å². The molecule has 3 aromatic rings. The number of carbonyl (C=O) groups is 2. The zero-order valence-corrected chi connectivity index (χ0v) is 23.7. The number of rotatable bonds is 6. The zero-order chi connectivity index (χ0) is 30.9. The van der Waals surface area contributed by atoms with E-state index in [-0.39, 0.29) is 5.91 Å². The third-order valence-corrected chi connectivity index (χ3v) is 8.14. The molecule has 1 N–H and O–H groups in total. The number of nitrogens with zero attached hydrogens (tertiary/aromatic N) is 3. The number of amides is 1. The van der Waals surface area contributed by atoms with Gasteiger partial charge >= 0.3 is 12.1 Å². The van der Waals surface area contributed by atoms with Crippen LogP contribution in [0, 0.1) is 16.7 Å². The predicted octanol–water partition coefficient (Wildman–Crippen LogP) is 6.29. The SMILES string of the molecule is N#Cc1ccc(C(=O)N2CCC3(CCN(Cc4ccccc4OCc4ccccc4)CC3)CC2)cc1.O=C(O)C(F)(F)F. The summed E-state index contributed by atoms with van der Waals surface area (Å²) >= 11 is 0. The Bertz CT molecular complexity index is 1400. The number of aliphatic carboxylic acids is 1. The van der Waals surface area contributed by atoms with Crippen molar-refractivity contribution in [1.29, 1.82) is 5.26 Å². The summed E-state index contributed by atoms with van der Waals surface area (Å²) in [6, 6.07) is 27.8. The lowest BCUT2D eigenvalue weighted by atomic mass is 9.71. The molecule has 0 unspecified atom stereocenters. The Balaban J connectivity index is 0.000000541. The van der Waals surface area contributed by atoms with Crippen LogP contribution in [0.2, 0.25) is 0 Å². The van der Waals surface area contributed by atoms with Gasteiger partial charge in [0, 0.05) is 30.8 Å². The minimum absolute atomic E-state index is 0.0823. The van der Waals surface area contributed by atoms with E-state index >= 15 is 0 Å². The normalized spacial score (nSPS) is 16.5. The molecule has 3 aromatic carbocycles. The molecule has 0 bridgehead atoms. The number of carboxylic acids is 1. The first-order valence-corrected chi connectivity index (χ1v) is 14.2. The highest BCUT2D eigenvalue weighted by atomic mass is 19.4. The Morgan fingerprint density at radius 2 is 1.42 bits per heavy atom. The second-order valence-electron chi connectivity index (χ2n) is 10.9. The summed E-state index contributed by atoms with van der Waals surface area (Å²) in [6.07, 6.45) is -0.586. The van der Waals surface area contributed by atoms with Crippen LogP contribution in [0.5, 0.6) is 5.75 Å². The highest BCUT2D eigenvalue weighted by Crippen LogP contribution is 2.42. The van der Waals surface area contributed by atoms with Crippen LogP contribution in [0.3, 0.4) is 0 Å². The third kappa shape index (κ3) is 8.82. The van der Waals surface area contributed by atoms with E-state index < -0.39 is 12.1 Å². The zero-order valence-electron chi connectivity index (χ0n) is 23.7. The van der Waals surface area contributed by atoms with Crippen molar-refractivity contribution in [2.75, 3.05) is 26.2 Å². The molecule has 2 fully saturated rings. The summed E-state index contributed by atoms with van der Waals surface area (Å²) in [5.41, 5.74) is 4.03. The highest BCUT2D eigenvalue weighted by molar-refractivity contribution is 5.94. The fourth-order valence-corrected chi connectivity index (χ4v) is 5.49. The van der Waals surface area contributed by atoms with Crippen molar-refractivity contribution >= 4 is 11.9 Å². The second-order valence-corrected chi connectivity index (χ2v) is 10.9. The first kappa shape index (κ1) is 31.6. The van der Waals surface area contributed by atoms with Gasteiger partial charge in [-0.15, -0.1) is 0 Å². The van der Waals surface area contributed by atoms with Crippen molar-refractivity contribution in [1.82, 2.24) is 9.80 Å². The van der Waals surface area contributed by atoms with Crippen LogP contribution < -0.4 is 4.74 Å². The van der Waals surface area contributed by atoms with Gasteiger partial charge in [0.2, 0.25) is 0 Å². The molecule has 2 aliphatic rings. The van der Waals surface area contributed by atoms with Gasteiger partial charge in [0.1, 0.15) is 12.4 Å².